The van der Waals surface area contributed by atoms with Gasteiger partial charge in [0, 0.05) is 25.5 Å². The summed E-state index contributed by atoms with van der Waals surface area (Å²) in [6.07, 6.45) is 8.55. The van der Waals surface area contributed by atoms with Gasteiger partial charge in [-0.05, 0) is 51.6 Å². The Balaban J connectivity index is 0.00000338. The first-order valence-corrected chi connectivity index (χ1v) is 9.81. The molecule has 1 aliphatic heterocycles. The lowest BCUT2D eigenvalue weighted by atomic mass is 9.79. The Labute approximate surface area is 164 Å². The minimum absolute atomic E-state index is 0. The van der Waals surface area contributed by atoms with Crippen LogP contribution < -0.4 is 16.0 Å². The van der Waals surface area contributed by atoms with E-state index in [1.165, 1.54) is 19.3 Å². The lowest BCUT2D eigenvalue weighted by Gasteiger charge is -2.37. The molecule has 1 heterocycles. The number of halogens is 1. The number of rotatable bonds is 8. The summed E-state index contributed by atoms with van der Waals surface area (Å²) in [5.41, 5.74) is 0.00147. The quantitative estimate of drug-likeness (QED) is 0.593. The molecule has 6 nitrogen and oxygen atoms in total. The van der Waals surface area contributed by atoms with Crippen LogP contribution in [0.1, 0.15) is 58.3 Å². The Bertz CT molecular complexity index is 430. The second-order valence-corrected chi connectivity index (χ2v) is 7.90. The Morgan fingerprint density at radius 2 is 1.85 bits per heavy atom. The average molecular weight is 390 g/mol. The number of amides is 2. The normalized spacial score (nSPS) is 21.3. The summed E-state index contributed by atoms with van der Waals surface area (Å²) in [5, 5.41) is 9.24. The molecule has 1 unspecified atom stereocenters. The highest BCUT2D eigenvalue weighted by Crippen LogP contribution is 2.28. The van der Waals surface area contributed by atoms with E-state index in [1.54, 1.807) is 14.0 Å². The number of hydrogen-bond acceptors (Lipinski definition) is 4. The average Bonchev–Trinajstić information content (AvgIpc) is 2.61. The van der Waals surface area contributed by atoms with Crippen LogP contribution in [0.4, 0.5) is 0 Å². The van der Waals surface area contributed by atoms with Gasteiger partial charge in [0.2, 0.25) is 11.8 Å². The predicted octanol–water partition coefficient (Wildman–Crippen LogP) is 2.02. The molecule has 0 aromatic heterocycles. The van der Waals surface area contributed by atoms with Crippen molar-refractivity contribution in [3.63, 3.8) is 0 Å². The molecule has 26 heavy (non-hydrogen) atoms. The Morgan fingerprint density at radius 3 is 2.46 bits per heavy atom. The van der Waals surface area contributed by atoms with Crippen LogP contribution in [0.5, 0.6) is 0 Å². The number of hydrogen-bond donors (Lipinski definition) is 3. The van der Waals surface area contributed by atoms with Gasteiger partial charge >= 0.3 is 0 Å². The van der Waals surface area contributed by atoms with E-state index in [9.17, 15) is 9.59 Å². The van der Waals surface area contributed by atoms with Crippen molar-refractivity contribution in [2.24, 2.45) is 11.3 Å². The summed E-state index contributed by atoms with van der Waals surface area (Å²) >= 11 is 0. The summed E-state index contributed by atoms with van der Waals surface area (Å²) in [6.45, 7) is 4.92. The lowest BCUT2D eigenvalue weighted by molar-refractivity contribution is -0.129. The number of nitrogens with one attached hydrogen (secondary N) is 3. The van der Waals surface area contributed by atoms with Crippen molar-refractivity contribution in [2.75, 3.05) is 33.4 Å². The SMILES string of the molecule is COCC1(CNC(=O)C(C)NC(=O)CC2CCCCC2)CCNCC1.Cl. The number of ether oxygens (including phenoxy) is 1. The fraction of sp³-hybridized carbons (Fsp3) is 0.895. The molecule has 0 aromatic carbocycles. The summed E-state index contributed by atoms with van der Waals surface area (Å²) in [5.74, 6) is 0.387. The third-order valence-electron chi connectivity index (χ3n) is 5.72. The largest absolute Gasteiger partial charge is 0.384 e. The number of piperidine rings is 1. The molecule has 2 amide bonds. The van der Waals surface area contributed by atoms with Gasteiger partial charge in [-0.3, -0.25) is 9.59 Å². The summed E-state index contributed by atoms with van der Waals surface area (Å²) in [6, 6.07) is -0.489. The second-order valence-electron chi connectivity index (χ2n) is 7.90. The smallest absolute Gasteiger partial charge is 0.242 e. The molecule has 0 spiro atoms. The van der Waals surface area contributed by atoms with Gasteiger partial charge < -0.3 is 20.7 Å². The van der Waals surface area contributed by atoms with Crippen LogP contribution in [0, 0.1) is 11.3 Å². The molecule has 1 saturated carbocycles. The standard InChI is InChI=1S/C19H35N3O3.ClH/c1-15(22-17(23)12-16-6-4-3-5-7-16)18(24)21-13-19(14-25-2)8-10-20-11-9-19;/h15-16,20H,3-14H2,1-2H3,(H,21,24)(H,22,23);1H. The van der Waals surface area contributed by atoms with Crippen LogP contribution >= 0.6 is 12.4 Å². The zero-order chi connectivity index (χ0) is 18.1. The number of methoxy groups -OCH3 is 1. The monoisotopic (exact) mass is 389 g/mol. The zero-order valence-corrected chi connectivity index (χ0v) is 17.1. The second kappa shape index (κ2) is 11.8. The van der Waals surface area contributed by atoms with Crippen LogP contribution in [0.25, 0.3) is 0 Å². The first-order chi connectivity index (χ1) is 12.0. The molecule has 7 heteroatoms. The van der Waals surface area contributed by atoms with Gasteiger partial charge in [-0.2, -0.15) is 0 Å². The van der Waals surface area contributed by atoms with Crippen molar-refractivity contribution in [1.29, 1.82) is 0 Å². The highest BCUT2D eigenvalue weighted by atomic mass is 35.5. The van der Waals surface area contributed by atoms with E-state index in [2.05, 4.69) is 16.0 Å². The van der Waals surface area contributed by atoms with Gasteiger partial charge in [0.25, 0.3) is 0 Å². The van der Waals surface area contributed by atoms with E-state index < -0.39 is 6.04 Å². The molecule has 1 atom stereocenters. The number of carbonyl (C=O) groups is 2. The lowest BCUT2D eigenvalue weighted by Crippen LogP contribution is -2.51. The molecule has 3 N–H and O–H groups in total. The van der Waals surface area contributed by atoms with Gasteiger partial charge in [-0.25, -0.2) is 0 Å². The maximum atomic E-state index is 12.4. The van der Waals surface area contributed by atoms with Crippen LogP contribution in [0.15, 0.2) is 0 Å². The van der Waals surface area contributed by atoms with E-state index in [0.717, 1.165) is 38.8 Å². The summed E-state index contributed by atoms with van der Waals surface area (Å²) in [4.78, 5) is 24.6. The highest BCUT2D eigenvalue weighted by Gasteiger charge is 2.33. The Kier molecular flexibility index (Phi) is 10.5. The van der Waals surface area contributed by atoms with Crippen LogP contribution in [0.3, 0.4) is 0 Å². The van der Waals surface area contributed by atoms with Crippen LogP contribution in [0.2, 0.25) is 0 Å². The maximum absolute atomic E-state index is 12.4. The van der Waals surface area contributed by atoms with Crippen molar-refractivity contribution < 1.29 is 14.3 Å². The molecule has 1 aliphatic carbocycles. The van der Waals surface area contributed by atoms with E-state index >= 15 is 0 Å². The van der Waals surface area contributed by atoms with Crippen molar-refractivity contribution in [3.8, 4) is 0 Å². The molecule has 152 valence electrons. The maximum Gasteiger partial charge on any atom is 0.242 e. The number of carbonyl (C=O) groups excluding carboxylic acids is 2. The Hall–Kier alpha value is -0.850. The molecular formula is C19H36ClN3O3. The zero-order valence-electron chi connectivity index (χ0n) is 16.3. The van der Waals surface area contributed by atoms with Gasteiger partial charge in [-0.1, -0.05) is 19.3 Å². The van der Waals surface area contributed by atoms with Gasteiger partial charge in [0.05, 0.1) is 6.61 Å². The third kappa shape index (κ3) is 7.41. The van der Waals surface area contributed by atoms with Crippen molar-refractivity contribution >= 4 is 24.2 Å². The molecule has 0 bridgehead atoms. The van der Waals surface area contributed by atoms with Crippen molar-refractivity contribution in [3.05, 3.63) is 0 Å². The van der Waals surface area contributed by atoms with Crippen LogP contribution in [-0.2, 0) is 14.3 Å². The Morgan fingerprint density at radius 1 is 1.19 bits per heavy atom. The van der Waals surface area contributed by atoms with Gasteiger partial charge in [-0.15, -0.1) is 12.4 Å². The predicted molar refractivity (Wildman–Crippen MR) is 105 cm³/mol. The molecule has 2 rings (SSSR count). The first-order valence-electron chi connectivity index (χ1n) is 9.81. The van der Waals surface area contributed by atoms with Crippen molar-refractivity contribution in [1.82, 2.24) is 16.0 Å². The molecule has 2 aliphatic rings. The third-order valence-corrected chi connectivity index (χ3v) is 5.72. The fourth-order valence-electron chi connectivity index (χ4n) is 4.08. The van der Waals surface area contributed by atoms with E-state index in [0.29, 0.717) is 25.5 Å². The minimum Gasteiger partial charge on any atom is -0.384 e. The van der Waals surface area contributed by atoms with E-state index in [4.69, 9.17) is 4.74 Å². The van der Waals surface area contributed by atoms with Crippen molar-refractivity contribution in [2.45, 2.75) is 64.3 Å². The van der Waals surface area contributed by atoms with E-state index in [1.807, 2.05) is 0 Å². The highest BCUT2D eigenvalue weighted by molar-refractivity contribution is 5.87. The molecule has 0 aromatic rings. The fourth-order valence-corrected chi connectivity index (χ4v) is 4.08. The minimum atomic E-state index is -0.489. The summed E-state index contributed by atoms with van der Waals surface area (Å²) < 4.78 is 5.38. The van der Waals surface area contributed by atoms with E-state index in [-0.39, 0.29) is 29.6 Å². The summed E-state index contributed by atoms with van der Waals surface area (Å²) in [7, 11) is 1.71. The van der Waals surface area contributed by atoms with Crippen LogP contribution in [-0.4, -0.2) is 51.2 Å². The first kappa shape index (κ1) is 23.2. The molecule has 2 fully saturated rings. The van der Waals surface area contributed by atoms with Gasteiger partial charge in [0.15, 0.2) is 0 Å². The molecule has 0 radical (unpaired) electrons. The van der Waals surface area contributed by atoms with Gasteiger partial charge in [0.1, 0.15) is 6.04 Å². The molecule has 1 saturated heterocycles. The topological polar surface area (TPSA) is 79.5 Å². The molecular weight excluding hydrogens is 354 g/mol.